The molecule has 1 aromatic carbocycles. The first-order chi connectivity index (χ1) is 11.5. The zero-order valence-corrected chi connectivity index (χ0v) is 16.7. The number of sulfonamides is 1. The standard InChI is InChI=1S/C19H30N2O3S/c1-14-6-7-15(2)17(12-14)25(23,24)21-10-8-16(9-11-21)18(22)20-13-19(3,4)5/h6-7,12,16H,8-11,13H2,1-5H3,(H,20,22). The molecule has 1 aliphatic rings. The lowest BCUT2D eigenvalue weighted by molar-refractivity contribution is -0.126. The van der Waals surface area contributed by atoms with Crippen LogP contribution in [0, 0.1) is 25.2 Å². The van der Waals surface area contributed by atoms with Gasteiger partial charge in [0.2, 0.25) is 15.9 Å². The van der Waals surface area contributed by atoms with E-state index in [0.717, 1.165) is 11.1 Å². The van der Waals surface area contributed by atoms with Crippen LogP contribution in [0.5, 0.6) is 0 Å². The third kappa shape index (κ3) is 5.05. The summed E-state index contributed by atoms with van der Waals surface area (Å²) >= 11 is 0. The zero-order chi connectivity index (χ0) is 18.8. The van der Waals surface area contributed by atoms with E-state index in [1.807, 2.05) is 26.0 Å². The molecule has 1 aliphatic heterocycles. The average molecular weight is 367 g/mol. The van der Waals surface area contributed by atoms with Gasteiger partial charge >= 0.3 is 0 Å². The lowest BCUT2D eigenvalue weighted by Gasteiger charge is -2.31. The summed E-state index contributed by atoms with van der Waals surface area (Å²) < 4.78 is 27.4. The van der Waals surface area contributed by atoms with Crippen LogP contribution in [0.1, 0.15) is 44.7 Å². The molecule has 1 amide bonds. The fraction of sp³-hybridized carbons (Fsp3) is 0.632. The minimum Gasteiger partial charge on any atom is -0.355 e. The topological polar surface area (TPSA) is 66.5 Å². The lowest BCUT2D eigenvalue weighted by Crippen LogP contribution is -2.44. The Morgan fingerprint density at radius 1 is 1.20 bits per heavy atom. The summed E-state index contributed by atoms with van der Waals surface area (Å²) in [6.45, 7) is 11.4. The first-order valence-corrected chi connectivity index (χ1v) is 10.3. The van der Waals surface area contributed by atoms with Gasteiger partial charge in [-0.2, -0.15) is 4.31 Å². The third-order valence-electron chi connectivity index (χ3n) is 4.58. The molecule has 1 heterocycles. The number of carbonyl (C=O) groups excluding carboxylic acids is 1. The molecular weight excluding hydrogens is 336 g/mol. The Labute approximate surface area is 151 Å². The number of rotatable bonds is 4. The average Bonchev–Trinajstić information content (AvgIpc) is 2.54. The van der Waals surface area contributed by atoms with E-state index in [1.54, 1.807) is 6.07 Å². The van der Waals surface area contributed by atoms with Gasteiger partial charge in [-0.15, -0.1) is 0 Å². The molecule has 0 saturated carbocycles. The van der Waals surface area contributed by atoms with Gasteiger partial charge in [0.15, 0.2) is 0 Å². The SMILES string of the molecule is Cc1ccc(C)c(S(=O)(=O)N2CCC(C(=O)NCC(C)(C)C)CC2)c1. The summed E-state index contributed by atoms with van der Waals surface area (Å²) in [5, 5.41) is 2.99. The third-order valence-corrected chi connectivity index (χ3v) is 6.62. The van der Waals surface area contributed by atoms with Crippen LogP contribution >= 0.6 is 0 Å². The van der Waals surface area contributed by atoms with Crippen LogP contribution in [0.4, 0.5) is 0 Å². The zero-order valence-electron chi connectivity index (χ0n) is 15.9. The highest BCUT2D eigenvalue weighted by atomic mass is 32.2. The van der Waals surface area contributed by atoms with Crippen LogP contribution in [0.15, 0.2) is 23.1 Å². The summed E-state index contributed by atoms with van der Waals surface area (Å²) in [7, 11) is -3.50. The number of benzene rings is 1. The maximum atomic E-state index is 12.9. The first-order valence-electron chi connectivity index (χ1n) is 8.86. The maximum Gasteiger partial charge on any atom is 0.243 e. The van der Waals surface area contributed by atoms with Crippen LogP contribution in [-0.2, 0) is 14.8 Å². The Balaban J connectivity index is 2.02. The molecular formula is C19H30N2O3S. The summed E-state index contributed by atoms with van der Waals surface area (Å²) in [6, 6.07) is 5.49. The number of carbonyl (C=O) groups is 1. The normalized spacial score (nSPS) is 17.5. The molecule has 1 fully saturated rings. The van der Waals surface area contributed by atoms with Crippen LogP contribution in [0.25, 0.3) is 0 Å². The second-order valence-corrected chi connectivity index (χ2v) is 10.1. The second kappa shape index (κ2) is 7.46. The monoisotopic (exact) mass is 366 g/mol. The van der Waals surface area contributed by atoms with Crippen LogP contribution < -0.4 is 5.32 Å². The van der Waals surface area contributed by atoms with Crippen molar-refractivity contribution in [2.75, 3.05) is 19.6 Å². The Bertz CT molecular complexity index is 728. The van der Waals surface area contributed by atoms with Crippen molar-refractivity contribution in [3.05, 3.63) is 29.3 Å². The van der Waals surface area contributed by atoms with E-state index in [-0.39, 0.29) is 17.2 Å². The van der Waals surface area contributed by atoms with Gasteiger partial charge in [-0.05, 0) is 49.3 Å². The molecule has 6 heteroatoms. The largest absolute Gasteiger partial charge is 0.355 e. The molecule has 0 aromatic heterocycles. The molecule has 0 atom stereocenters. The number of nitrogens with one attached hydrogen (secondary N) is 1. The van der Waals surface area contributed by atoms with Crippen molar-refractivity contribution >= 4 is 15.9 Å². The Morgan fingerprint density at radius 3 is 2.36 bits per heavy atom. The lowest BCUT2D eigenvalue weighted by atomic mass is 9.94. The fourth-order valence-electron chi connectivity index (χ4n) is 2.98. The molecule has 0 aliphatic carbocycles. The van der Waals surface area contributed by atoms with Gasteiger partial charge in [-0.3, -0.25) is 4.79 Å². The molecule has 0 spiro atoms. The molecule has 0 bridgehead atoms. The maximum absolute atomic E-state index is 12.9. The Kier molecular flexibility index (Phi) is 5.94. The van der Waals surface area contributed by atoms with E-state index < -0.39 is 10.0 Å². The number of hydrogen-bond donors (Lipinski definition) is 1. The van der Waals surface area contributed by atoms with Crippen molar-refractivity contribution < 1.29 is 13.2 Å². The van der Waals surface area contributed by atoms with Crippen LogP contribution in [-0.4, -0.2) is 38.3 Å². The molecule has 0 radical (unpaired) electrons. The predicted molar refractivity (Wildman–Crippen MR) is 99.9 cm³/mol. The highest BCUT2D eigenvalue weighted by molar-refractivity contribution is 7.89. The smallest absolute Gasteiger partial charge is 0.243 e. The minimum atomic E-state index is -3.50. The number of aryl methyl sites for hydroxylation is 2. The molecule has 5 nitrogen and oxygen atoms in total. The van der Waals surface area contributed by atoms with Crippen LogP contribution in [0.2, 0.25) is 0 Å². The van der Waals surface area contributed by atoms with E-state index in [0.29, 0.717) is 37.4 Å². The van der Waals surface area contributed by atoms with Crippen molar-refractivity contribution in [1.29, 1.82) is 0 Å². The van der Waals surface area contributed by atoms with E-state index in [1.165, 1.54) is 4.31 Å². The Morgan fingerprint density at radius 2 is 1.80 bits per heavy atom. The van der Waals surface area contributed by atoms with Gasteiger partial charge in [-0.25, -0.2) is 8.42 Å². The summed E-state index contributed by atoms with van der Waals surface area (Å²) in [5.41, 5.74) is 1.74. The number of piperidine rings is 1. The summed E-state index contributed by atoms with van der Waals surface area (Å²) in [6.07, 6.45) is 1.14. The molecule has 1 N–H and O–H groups in total. The second-order valence-electron chi connectivity index (χ2n) is 8.23. The van der Waals surface area contributed by atoms with Crippen molar-refractivity contribution in [3.63, 3.8) is 0 Å². The van der Waals surface area contributed by atoms with Crippen molar-refractivity contribution in [3.8, 4) is 0 Å². The van der Waals surface area contributed by atoms with E-state index in [9.17, 15) is 13.2 Å². The molecule has 0 unspecified atom stereocenters. The van der Waals surface area contributed by atoms with Crippen LogP contribution in [0.3, 0.4) is 0 Å². The quantitative estimate of drug-likeness (QED) is 0.891. The first kappa shape index (κ1) is 19.9. The van der Waals surface area contributed by atoms with Crippen molar-refractivity contribution in [2.45, 2.75) is 52.4 Å². The van der Waals surface area contributed by atoms with Gasteiger partial charge in [-0.1, -0.05) is 32.9 Å². The molecule has 1 aromatic rings. The summed E-state index contributed by atoms with van der Waals surface area (Å²) in [5.74, 6) is -0.0638. The predicted octanol–water partition coefficient (Wildman–Crippen LogP) is 2.87. The Hall–Kier alpha value is -1.40. The van der Waals surface area contributed by atoms with Gasteiger partial charge < -0.3 is 5.32 Å². The number of amides is 1. The molecule has 1 saturated heterocycles. The molecule has 140 valence electrons. The fourth-order valence-corrected chi connectivity index (χ4v) is 4.76. The number of hydrogen-bond acceptors (Lipinski definition) is 3. The number of nitrogens with zero attached hydrogens (tertiary/aromatic N) is 1. The minimum absolute atomic E-state index is 0.0405. The van der Waals surface area contributed by atoms with E-state index >= 15 is 0 Å². The highest BCUT2D eigenvalue weighted by Crippen LogP contribution is 2.26. The molecule has 2 rings (SSSR count). The summed E-state index contributed by atoms with van der Waals surface area (Å²) in [4.78, 5) is 12.7. The van der Waals surface area contributed by atoms with Crippen molar-refractivity contribution in [1.82, 2.24) is 9.62 Å². The van der Waals surface area contributed by atoms with E-state index in [2.05, 4.69) is 26.1 Å². The van der Waals surface area contributed by atoms with E-state index in [4.69, 9.17) is 0 Å². The van der Waals surface area contributed by atoms with Gasteiger partial charge in [0.05, 0.1) is 4.90 Å². The highest BCUT2D eigenvalue weighted by Gasteiger charge is 2.33. The van der Waals surface area contributed by atoms with Gasteiger partial charge in [0.1, 0.15) is 0 Å². The van der Waals surface area contributed by atoms with Gasteiger partial charge in [0, 0.05) is 25.6 Å². The van der Waals surface area contributed by atoms with Gasteiger partial charge in [0.25, 0.3) is 0 Å². The van der Waals surface area contributed by atoms with Crippen molar-refractivity contribution in [2.24, 2.45) is 11.3 Å². The molecule has 25 heavy (non-hydrogen) atoms.